The Bertz CT molecular complexity index is 254. The van der Waals surface area contributed by atoms with Crippen LogP contribution in [0, 0.1) is 5.53 Å². The molecule has 0 fully saturated rings. The smallest absolute Gasteiger partial charge is 0.110 e. The predicted octanol–water partition coefficient (Wildman–Crippen LogP) is 2.94. The summed E-state index contributed by atoms with van der Waals surface area (Å²) in [5.74, 6) is 0. The lowest BCUT2D eigenvalue weighted by Gasteiger charge is -2.03. The minimum Gasteiger partial charge on any atom is -0.279 e. The van der Waals surface area contributed by atoms with E-state index in [-0.39, 0.29) is 24.0 Å². The van der Waals surface area contributed by atoms with Gasteiger partial charge in [-0.25, -0.2) is 5.53 Å². The molecule has 0 aromatic heterocycles. The van der Waals surface area contributed by atoms with Crippen LogP contribution in [-0.4, -0.2) is 7.11 Å². The molecule has 12 heavy (non-hydrogen) atoms. The topological polar surface area (TPSA) is 57.5 Å². The summed E-state index contributed by atoms with van der Waals surface area (Å²) < 4.78 is 0. The monoisotopic (exact) mass is 279 g/mol. The second kappa shape index (κ2) is 5.90. The van der Waals surface area contributed by atoms with Crippen molar-refractivity contribution >= 4 is 35.4 Å². The second-order valence-corrected chi connectivity index (χ2v) is 1.94. The van der Waals surface area contributed by atoms with Gasteiger partial charge < -0.3 is 0 Å². The molecule has 0 aliphatic rings. The fraction of sp³-hybridized carbons (Fsp3) is 0.143. The maximum atomic E-state index is 6.79. The standard InChI is InChI=1S/C7H9N3O.HI/c1-11-10-7-5-3-2-4-6(7)9-8;/h2-5,8,10H,1H3;1H. The molecule has 0 saturated heterocycles. The van der Waals surface area contributed by atoms with Crippen molar-refractivity contribution in [1.29, 1.82) is 5.53 Å². The Labute approximate surface area is 87.8 Å². The van der Waals surface area contributed by atoms with Crippen LogP contribution >= 0.6 is 24.0 Å². The molecule has 0 unspecified atom stereocenters. The fourth-order valence-corrected chi connectivity index (χ4v) is 0.767. The van der Waals surface area contributed by atoms with Gasteiger partial charge in [0.15, 0.2) is 0 Å². The Kier molecular flexibility index (Phi) is 5.56. The van der Waals surface area contributed by atoms with Crippen molar-refractivity contribution in [3.05, 3.63) is 24.3 Å². The van der Waals surface area contributed by atoms with E-state index < -0.39 is 0 Å². The van der Waals surface area contributed by atoms with E-state index in [0.29, 0.717) is 11.4 Å². The summed E-state index contributed by atoms with van der Waals surface area (Å²) >= 11 is 0. The van der Waals surface area contributed by atoms with Crippen LogP contribution < -0.4 is 5.48 Å². The molecule has 0 amide bonds. The van der Waals surface area contributed by atoms with Gasteiger partial charge in [0.25, 0.3) is 0 Å². The molecular formula is C7H10IN3O. The highest BCUT2D eigenvalue weighted by atomic mass is 127. The number of nitrogens with zero attached hydrogens (tertiary/aromatic N) is 1. The number of hydrogen-bond donors (Lipinski definition) is 2. The van der Waals surface area contributed by atoms with Gasteiger partial charge in [-0.3, -0.25) is 10.3 Å². The first-order valence-electron chi connectivity index (χ1n) is 3.14. The van der Waals surface area contributed by atoms with Crippen LogP contribution in [0.2, 0.25) is 0 Å². The van der Waals surface area contributed by atoms with Gasteiger partial charge in [-0.1, -0.05) is 12.1 Å². The molecule has 1 aromatic rings. The van der Waals surface area contributed by atoms with Crippen LogP contribution in [0.4, 0.5) is 11.4 Å². The van der Waals surface area contributed by atoms with E-state index in [2.05, 4.69) is 15.4 Å². The minimum absolute atomic E-state index is 0. The lowest BCUT2D eigenvalue weighted by molar-refractivity contribution is 0.271. The number of rotatable bonds is 3. The first-order chi connectivity index (χ1) is 5.38. The number of benzene rings is 1. The van der Waals surface area contributed by atoms with E-state index in [1.807, 2.05) is 12.1 Å². The third-order valence-electron chi connectivity index (χ3n) is 1.24. The summed E-state index contributed by atoms with van der Waals surface area (Å²) in [6.07, 6.45) is 0. The summed E-state index contributed by atoms with van der Waals surface area (Å²) in [5, 5.41) is 3.30. The summed E-state index contributed by atoms with van der Waals surface area (Å²) in [6, 6.07) is 7.18. The maximum absolute atomic E-state index is 6.79. The number of halogens is 1. The third-order valence-corrected chi connectivity index (χ3v) is 1.24. The molecule has 2 N–H and O–H groups in total. The van der Waals surface area contributed by atoms with Gasteiger partial charge in [0, 0.05) is 0 Å². The zero-order chi connectivity index (χ0) is 8.10. The zero-order valence-electron chi connectivity index (χ0n) is 6.57. The average Bonchev–Trinajstić information content (AvgIpc) is 2.06. The van der Waals surface area contributed by atoms with Crippen molar-refractivity contribution < 1.29 is 4.84 Å². The van der Waals surface area contributed by atoms with E-state index in [4.69, 9.17) is 5.53 Å². The molecular weight excluding hydrogens is 269 g/mol. The van der Waals surface area contributed by atoms with Gasteiger partial charge in [0.2, 0.25) is 0 Å². The first kappa shape index (κ1) is 11.3. The second-order valence-electron chi connectivity index (χ2n) is 1.94. The number of hydrogen-bond acceptors (Lipinski definition) is 4. The molecule has 0 atom stereocenters. The van der Waals surface area contributed by atoms with Gasteiger partial charge >= 0.3 is 0 Å². The highest BCUT2D eigenvalue weighted by Gasteiger charge is 1.96. The van der Waals surface area contributed by atoms with Crippen molar-refractivity contribution in [2.45, 2.75) is 0 Å². The molecule has 1 rings (SSSR count). The van der Waals surface area contributed by atoms with Crippen molar-refractivity contribution in [3.8, 4) is 0 Å². The number of nitrogens with one attached hydrogen (secondary N) is 2. The Balaban J connectivity index is 0.00000121. The summed E-state index contributed by atoms with van der Waals surface area (Å²) in [5.41, 5.74) is 10.7. The summed E-state index contributed by atoms with van der Waals surface area (Å²) in [7, 11) is 1.51. The van der Waals surface area contributed by atoms with E-state index in [0.717, 1.165) is 0 Å². The van der Waals surface area contributed by atoms with Crippen LogP contribution in [0.3, 0.4) is 0 Å². The Morgan fingerprint density at radius 1 is 1.42 bits per heavy atom. The van der Waals surface area contributed by atoms with E-state index >= 15 is 0 Å². The van der Waals surface area contributed by atoms with Crippen molar-refractivity contribution in [2.75, 3.05) is 12.6 Å². The quantitative estimate of drug-likeness (QED) is 0.507. The van der Waals surface area contributed by atoms with E-state index in [1.165, 1.54) is 7.11 Å². The van der Waals surface area contributed by atoms with Gasteiger partial charge in [0.1, 0.15) is 5.69 Å². The van der Waals surface area contributed by atoms with Crippen LogP contribution in [0.1, 0.15) is 0 Å². The van der Waals surface area contributed by atoms with Gasteiger partial charge in [-0.2, -0.15) is 5.11 Å². The molecule has 0 bridgehead atoms. The van der Waals surface area contributed by atoms with Gasteiger partial charge in [-0.15, -0.1) is 24.0 Å². The van der Waals surface area contributed by atoms with Crippen LogP contribution in [0.25, 0.3) is 0 Å². The first-order valence-corrected chi connectivity index (χ1v) is 3.14. The van der Waals surface area contributed by atoms with E-state index in [9.17, 15) is 0 Å². The lowest BCUT2D eigenvalue weighted by atomic mass is 10.3. The average molecular weight is 279 g/mol. The van der Waals surface area contributed by atoms with Gasteiger partial charge in [0.05, 0.1) is 12.8 Å². The molecule has 0 radical (unpaired) electrons. The molecule has 66 valence electrons. The van der Waals surface area contributed by atoms with Gasteiger partial charge in [-0.05, 0) is 12.1 Å². The number of anilines is 1. The Morgan fingerprint density at radius 2 is 2.08 bits per heavy atom. The molecule has 1 aromatic carbocycles. The summed E-state index contributed by atoms with van der Waals surface area (Å²) in [6.45, 7) is 0. The highest BCUT2D eigenvalue weighted by molar-refractivity contribution is 14.0. The SMILES string of the molecule is CONc1ccccc1N=N.I. The molecule has 4 nitrogen and oxygen atoms in total. The zero-order valence-corrected chi connectivity index (χ0v) is 8.90. The Morgan fingerprint density at radius 3 is 2.67 bits per heavy atom. The molecule has 0 aliphatic heterocycles. The van der Waals surface area contributed by atoms with E-state index in [1.54, 1.807) is 12.1 Å². The van der Waals surface area contributed by atoms with Crippen molar-refractivity contribution in [3.63, 3.8) is 0 Å². The molecule has 0 spiro atoms. The minimum atomic E-state index is 0. The van der Waals surface area contributed by atoms with Crippen LogP contribution in [-0.2, 0) is 4.84 Å². The maximum Gasteiger partial charge on any atom is 0.110 e. The predicted molar refractivity (Wildman–Crippen MR) is 57.3 cm³/mol. The highest BCUT2D eigenvalue weighted by Crippen LogP contribution is 2.23. The molecule has 0 saturated carbocycles. The molecule has 5 heteroatoms. The summed E-state index contributed by atoms with van der Waals surface area (Å²) in [4.78, 5) is 4.68. The largest absolute Gasteiger partial charge is 0.279 e. The molecule has 0 heterocycles. The normalized spacial score (nSPS) is 8.42. The molecule has 0 aliphatic carbocycles. The Hall–Kier alpha value is -0.690. The van der Waals surface area contributed by atoms with Crippen LogP contribution in [0.5, 0.6) is 0 Å². The third kappa shape index (κ3) is 2.74. The van der Waals surface area contributed by atoms with Crippen molar-refractivity contribution in [1.82, 2.24) is 0 Å². The number of para-hydroxylation sites is 2. The van der Waals surface area contributed by atoms with Crippen LogP contribution in [0.15, 0.2) is 29.4 Å². The van der Waals surface area contributed by atoms with Crippen molar-refractivity contribution in [2.24, 2.45) is 5.11 Å². The lowest BCUT2D eigenvalue weighted by Crippen LogP contribution is -1.94. The fourth-order valence-electron chi connectivity index (χ4n) is 0.767.